The highest BCUT2D eigenvalue weighted by atomic mass is 16.5. The summed E-state index contributed by atoms with van der Waals surface area (Å²) in [6.45, 7) is 3.06. The maximum absolute atomic E-state index is 12.1. The number of nitrogens with one attached hydrogen (secondary N) is 3. The van der Waals surface area contributed by atoms with Crippen molar-refractivity contribution in [3.63, 3.8) is 0 Å². The lowest BCUT2D eigenvalue weighted by Crippen LogP contribution is -2.26. The molecule has 184 valence electrons. The molecule has 0 unspecified atom stereocenters. The minimum atomic E-state index is 0.129. The molecule has 0 aliphatic carbocycles. The molecule has 6 bridgehead atoms. The third-order valence-corrected chi connectivity index (χ3v) is 5.80. The van der Waals surface area contributed by atoms with Crippen LogP contribution < -0.4 is 20.7 Å². The van der Waals surface area contributed by atoms with Crippen LogP contribution in [-0.2, 0) is 11.3 Å². The summed E-state index contributed by atoms with van der Waals surface area (Å²) in [6, 6.07) is 18.0. The van der Waals surface area contributed by atoms with Crippen molar-refractivity contribution in [3.05, 3.63) is 66.5 Å². The second kappa shape index (κ2) is 12.7. The molecule has 3 N–H and O–H groups in total. The predicted molar refractivity (Wildman–Crippen MR) is 139 cm³/mol. The van der Waals surface area contributed by atoms with Gasteiger partial charge in [-0.1, -0.05) is 12.1 Å². The molecular weight excluding hydrogens is 440 g/mol. The standard InChI is InChI=1S/C27H34N6O2/c1-33-15-6-9-27(34)28-14-3-2-4-16-35-24-12-10-22(11-13-24)31-25-18-26(30-20-29-25)32-23-8-5-7-21(17-23)19-33/h5,7-8,10-13,17-18,20H,2-4,6,9,14-16,19H2,1H3,(H,28,34)(H2,29,30,31,32). The lowest BCUT2D eigenvalue weighted by molar-refractivity contribution is -0.121. The van der Waals surface area contributed by atoms with Crippen molar-refractivity contribution in [3.8, 4) is 5.75 Å². The summed E-state index contributed by atoms with van der Waals surface area (Å²) in [5.41, 5.74) is 3.09. The van der Waals surface area contributed by atoms with E-state index in [1.165, 1.54) is 5.56 Å². The molecule has 3 heterocycles. The number of nitrogens with zero attached hydrogens (tertiary/aromatic N) is 3. The number of hydrogen-bond donors (Lipinski definition) is 3. The van der Waals surface area contributed by atoms with Crippen molar-refractivity contribution < 1.29 is 9.53 Å². The van der Waals surface area contributed by atoms with Gasteiger partial charge in [0.25, 0.3) is 0 Å². The summed E-state index contributed by atoms with van der Waals surface area (Å²) in [5.74, 6) is 2.39. The number of amides is 1. The number of benzene rings is 2. The first kappa shape index (κ1) is 24.5. The smallest absolute Gasteiger partial charge is 0.220 e. The molecule has 35 heavy (non-hydrogen) atoms. The van der Waals surface area contributed by atoms with E-state index < -0.39 is 0 Å². The molecular formula is C27H34N6O2. The van der Waals surface area contributed by atoms with Gasteiger partial charge in [0.1, 0.15) is 23.7 Å². The van der Waals surface area contributed by atoms with Crippen LogP contribution in [0, 0.1) is 0 Å². The first-order valence-corrected chi connectivity index (χ1v) is 12.3. The SMILES string of the molecule is CN1CCCC(=O)NCCCCCOc2ccc(cc2)Nc2cc(ncn2)Nc2cccc(c2)C1. The molecule has 5 rings (SSSR count). The molecule has 2 aromatic carbocycles. The van der Waals surface area contributed by atoms with Gasteiger partial charge >= 0.3 is 0 Å². The van der Waals surface area contributed by atoms with Crippen LogP contribution in [0.1, 0.15) is 37.7 Å². The second-order valence-corrected chi connectivity index (χ2v) is 8.86. The quantitative estimate of drug-likeness (QED) is 0.429. The van der Waals surface area contributed by atoms with Gasteiger partial charge in [-0.3, -0.25) is 4.79 Å². The Labute approximate surface area is 207 Å². The van der Waals surface area contributed by atoms with E-state index in [0.29, 0.717) is 24.7 Å². The highest BCUT2D eigenvalue weighted by molar-refractivity contribution is 5.75. The minimum Gasteiger partial charge on any atom is -0.494 e. The summed E-state index contributed by atoms with van der Waals surface area (Å²) in [4.78, 5) is 23.1. The van der Waals surface area contributed by atoms with Gasteiger partial charge in [0.05, 0.1) is 6.61 Å². The van der Waals surface area contributed by atoms with Gasteiger partial charge in [0.2, 0.25) is 5.91 Å². The van der Waals surface area contributed by atoms with Crippen LogP contribution in [0.2, 0.25) is 0 Å². The van der Waals surface area contributed by atoms with E-state index >= 15 is 0 Å². The monoisotopic (exact) mass is 474 g/mol. The van der Waals surface area contributed by atoms with Crippen LogP contribution in [0.4, 0.5) is 23.0 Å². The fourth-order valence-electron chi connectivity index (χ4n) is 3.98. The minimum absolute atomic E-state index is 0.129. The second-order valence-electron chi connectivity index (χ2n) is 8.86. The lowest BCUT2D eigenvalue weighted by Gasteiger charge is -2.17. The van der Waals surface area contributed by atoms with Gasteiger partial charge in [-0.25, -0.2) is 9.97 Å². The molecule has 0 spiro atoms. The number of carbonyl (C=O) groups excluding carboxylic acids is 1. The van der Waals surface area contributed by atoms with Crippen molar-refractivity contribution in [2.24, 2.45) is 0 Å². The third kappa shape index (κ3) is 8.26. The Kier molecular flexibility index (Phi) is 8.89. The van der Waals surface area contributed by atoms with Gasteiger partial charge in [0, 0.05) is 37.0 Å². The summed E-state index contributed by atoms with van der Waals surface area (Å²) >= 11 is 0. The molecule has 8 nitrogen and oxygen atoms in total. The van der Waals surface area contributed by atoms with Gasteiger partial charge in [0.15, 0.2) is 0 Å². The van der Waals surface area contributed by atoms with Crippen molar-refractivity contribution in [1.29, 1.82) is 0 Å². The van der Waals surface area contributed by atoms with Crippen LogP contribution in [0.5, 0.6) is 5.75 Å². The zero-order chi connectivity index (χ0) is 24.3. The van der Waals surface area contributed by atoms with E-state index in [9.17, 15) is 4.79 Å². The van der Waals surface area contributed by atoms with Gasteiger partial charge in [-0.2, -0.15) is 0 Å². The number of ether oxygens (including phenoxy) is 1. The molecule has 0 fully saturated rings. The highest BCUT2D eigenvalue weighted by Gasteiger charge is 2.07. The van der Waals surface area contributed by atoms with Crippen LogP contribution in [0.25, 0.3) is 0 Å². The van der Waals surface area contributed by atoms with Crippen LogP contribution >= 0.6 is 0 Å². The summed E-state index contributed by atoms with van der Waals surface area (Å²) in [5, 5.41) is 9.73. The van der Waals surface area contributed by atoms with E-state index in [0.717, 1.165) is 62.4 Å². The molecule has 0 atom stereocenters. The summed E-state index contributed by atoms with van der Waals surface area (Å²) in [6.07, 6.45) is 5.87. The molecule has 0 saturated carbocycles. The summed E-state index contributed by atoms with van der Waals surface area (Å²) in [7, 11) is 2.08. The molecule has 1 amide bonds. The number of rotatable bonds is 0. The predicted octanol–water partition coefficient (Wildman–Crippen LogP) is 4.85. The van der Waals surface area contributed by atoms with Crippen LogP contribution in [0.15, 0.2) is 60.9 Å². The fourth-order valence-corrected chi connectivity index (χ4v) is 3.98. The van der Waals surface area contributed by atoms with E-state index in [1.807, 2.05) is 42.5 Å². The Balaban J connectivity index is 1.45. The molecule has 0 saturated heterocycles. The zero-order valence-electron chi connectivity index (χ0n) is 20.3. The average molecular weight is 475 g/mol. The number of hydrogen-bond acceptors (Lipinski definition) is 7. The average Bonchev–Trinajstić information content (AvgIpc) is 2.84. The van der Waals surface area contributed by atoms with Crippen LogP contribution in [0.3, 0.4) is 0 Å². The summed E-state index contributed by atoms with van der Waals surface area (Å²) < 4.78 is 5.85. The Morgan fingerprint density at radius 1 is 0.886 bits per heavy atom. The molecule has 1 aromatic heterocycles. The Hall–Kier alpha value is -3.65. The van der Waals surface area contributed by atoms with Crippen molar-refractivity contribution in [2.75, 3.05) is 37.4 Å². The number of anilines is 4. The van der Waals surface area contributed by atoms with Gasteiger partial charge in [-0.15, -0.1) is 0 Å². The van der Waals surface area contributed by atoms with Crippen molar-refractivity contribution in [2.45, 2.75) is 38.6 Å². The Bertz CT molecular complexity index is 1090. The molecule has 2 aliphatic heterocycles. The maximum atomic E-state index is 12.1. The third-order valence-electron chi connectivity index (χ3n) is 5.80. The van der Waals surface area contributed by atoms with E-state index in [4.69, 9.17) is 4.74 Å². The Morgan fingerprint density at radius 2 is 1.69 bits per heavy atom. The maximum Gasteiger partial charge on any atom is 0.220 e. The topological polar surface area (TPSA) is 91.4 Å². The Morgan fingerprint density at radius 3 is 2.51 bits per heavy atom. The number of fused-ring (bicyclic) bond motifs is 14. The largest absolute Gasteiger partial charge is 0.494 e. The van der Waals surface area contributed by atoms with Gasteiger partial charge < -0.3 is 25.6 Å². The normalized spacial score (nSPS) is 16.5. The van der Waals surface area contributed by atoms with Crippen molar-refractivity contribution in [1.82, 2.24) is 20.2 Å². The number of aromatic nitrogens is 2. The van der Waals surface area contributed by atoms with Crippen LogP contribution in [-0.4, -0.2) is 47.5 Å². The fraction of sp³-hybridized carbons (Fsp3) is 0.370. The lowest BCUT2D eigenvalue weighted by atomic mass is 10.2. The first-order valence-electron chi connectivity index (χ1n) is 12.3. The van der Waals surface area contributed by atoms with E-state index in [-0.39, 0.29) is 5.91 Å². The zero-order valence-corrected chi connectivity index (χ0v) is 20.3. The molecule has 2 aliphatic rings. The van der Waals surface area contributed by atoms with E-state index in [2.05, 4.69) is 50.0 Å². The highest BCUT2D eigenvalue weighted by Crippen LogP contribution is 2.22. The molecule has 3 aromatic rings. The number of carbonyl (C=O) groups is 1. The molecule has 8 heteroatoms. The van der Waals surface area contributed by atoms with Crippen molar-refractivity contribution >= 4 is 28.9 Å². The van der Waals surface area contributed by atoms with Gasteiger partial charge in [-0.05, 0) is 81.2 Å². The molecule has 0 radical (unpaired) electrons. The first-order chi connectivity index (χ1) is 17.1. The van der Waals surface area contributed by atoms with E-state index in [1.54, 1.807) is 6.33 Å².